The van der Waals surface area contributed by atoms with E-state index < -0.39 is 0 Å². The zero-order valence-corrected chi connectivity index (χ0v) is 14.5. The predicted octanol–water partition coefficient (Wildman–Crippen LogP) is 3.22. The van der Waals surface area contributed by atoms with Crippen LogP contribution in [-0.2, 0) is 10.5 Å². The molecule has 0 unspecified atom stereocenters. The lowest BCUT2D eigenvalue weighted by atomic mass is 10.1. The SMILES string of the molecule is Cc1ccc(CSCC(=O)NCCCN2CCCCC2)cc1. The summed E-state index contributed by atoms with van der Waals surface area (Å²) in [6.45, 7) is 6.49. The average molecular weight is 321 g/mol. The minimum atomic E-state index is 0.163. The Morgan fingerprint density at radius 2 is 1.91 bits per heavy atom. The lowest BCUT2D eigenvalue weighted by molar-refractivity contribution is -0.118. The number of carbonyl (C=O) groups is 1. The van der Waals surface area contributed by atoms with Gasteiger partial charge in [-0.1, -0.05) is 36.2 Å². The number of piperidine rings is 1. The van der Waals surface area contributed by atoms with E-state index in [4.69, 9.17) is 0 Å². The highest BCUT2D eigenvalue weighted by Gasteiger charge is 2.09. The lowest BCUT2D eigenvalue weighted by Crippen LogP contribution is -2.33. The summed E-state index contributed by atoms with van der Waals surface area (Å²) in [4.78, 5) is 14.3. The molecule has 122 valence electrons. The van der Waals surface area contributed by atoms with Crippen molar-refractivity contribution in [1.29, 1.82) is 0 Å². The summed E-state index contributed by atoms with van der Waals surface area (Å²) < 4.78 is 0. The van der Waals surface area contributed by atoms with Crippen LogP contribution in [0.15, 0.2) is 24.3 Å². The molecule has 0 atom stereocenters. The summed E-state index contributed by atoms with van der Waals surface area (Å²) in [5.41, 5.74) is 2.56. The minimum Gasteiger partial charge on any atom is -0.355 e. The molecule has 1 aromatic carbocycles. The van der Waals surface area contributed by atoms with Crippen LogP contribution < -0.4 is 5.32 Å². The van der Waals surface area contributed by atoms with Crippen LogP contribution >= 0.6 is 11.8 Å². The number of nitrogens with one attached hydrogen (secondary N) is 1. The summed E-state index contributed by atoms with van der Waals surface area (Å²) in [6.07, 6.45) is 5.11. The van der Waals surface area contributed by atoms with Crippen LogP contribution in [0.4, 0.5) is 0 Å². The Bertz CT molecular complexity index is 441. The van der Waals surface area contributed by atoms with Crippen LogP contribution in [0.5, 0.6) is 0 Å². The van der Waals surface area contributed by atoms with Gasteiger partial charge < -0.3 is 10.2 Å². The van der Waals surface area contributed by atoms with Crippen molar-refractivity contribution in [3.63, 3.8) is 0 Å². The molecule has 4 heteroatoms. The fourth-order valence-electron chi connectivity index (χ4n) is 2.71. The fraction of sp³-hybridized carbons (Fsp3) is 0.611. The molecular weight excluding hydrogens is 292 g/mol. The van der Waals surface area contributed by atoms with Crippen molar-refractivity contribution in [2.45, 2.75) is 38.4 Å². The van der Waals surface area contributed by atoms with Crippen molar-refractivity contribution >= 4 is 17.7 Å². The number of likely N-dealkylation sites (tertiary alicyclic amines) is 1. The molecule has 1 aliphatic rings. The van der Waals surface area contributed by atoms with Gasteiger partial charge in [-0.15, -0.1) is 11.8 Å². The van der Waals surface area contributed by atoms with E-state index >= 15 is 0 Å². The van der Waals surface area contributed by atoms with Gasteiger partial charge in [-0.3, -0.25) is 4.79 Å². The molecule has 1 N–H and O–H groups in total. The third-order valence-corrected chi connectivity index (χ3v) is 5.05. The fourth-order valence-corrected chi connectivity index (χ4v) is 3.53. The van der Waals surface area contributed by atoms with Crippen molar-refractivity contribution in [1.82, 2.24) is 10.2 Å². The molecule has 1 saturated heterocycles. The van der Waals surface area contributed by atoms with E-state index in [0.717, 1.165) is 25.3 Å². The first-order valence-electron chi connectivity index (χ1n) is 8.36. The number of thioether (sulfide) groups is 1. The smallest absolute Gasteiger partial charge is 0.230 e. The number of hydrogen-bond acceptors (Lipinski definition) is 3. The minimum absolute atomic E-state index is 0.163. The van der Waals surface area contributed by atoms with Gasteiger partial charge in [0.15, 0.2) is 0 Å². The second-order valence-electron chi connectivity index (χ2n) is 6.08. The van der Waals surface area contributed by atoms with Crippen LogP contribution in [0.3, 0.4) is 0 Å². The maximum atomic E-state index is 11.8. The van der Waals surface area contributed by atoms with Gasteiger partial charge in [0.05, 0.1) is 5.75 Å². The number of carbonyl (C=O) groups excluding carboxylic acids is 1. The second kappa shape index (κ2) is 9.90. The van der Waals surface area contributed by atoms with Crippen molar-refractivity contribution in [3.8, 4) is 0 Å². The van der Waals surface area contributed by atoms with Gasteiger partial charge in [0.25, 0.3) is 0 Å². The van der Waals surface area contributed by atoms with Crippen LogP contribution in [-0.4, -0.2) is 42.7 Å². The molecule has 1 aromatic rings. The number of nitrogens with zero attached hydrogens (tertiary/aromatic N) is 1. The Morgan fingerprint density at radius 3 is 2.64 bits per heavy atom. The van der Waals surface area contributed by atoms with Gasteiger partial charge in [-0.2, -0.15) is 0 Å². The molecule has 1 heterocycles. The molecule has 2 rings (SSSR count). The molecule has 1 amide bonds. The van der Waals surface area contributed by atoms with Crippen molar-refractivity contribution in [2.75, 3.05) is 31.9 Å². The Labute approximate surface area is 138 Å². The van der Waals surface area contributed by atoms with E-state index in [0.29, 0.717) is 5.75 Å². The molecule has 0 aromatic heterocycles. The number of hydrogen-bond donors (Lipinski definition) is 1. The number of rotatable bonds is 8. The number of aryl methyl sites for hydroxylation is 1. The van der Waals surface area contributed by atoms with Gasteiger partial charge >= 0.3 is 0 Å². The molecule has 0 aliphatic carbocycles. The van der Waals surface area contributed by atoms with Gasteiger partial charge in [-0.25, -0.2) is 0 Å². The van der Waals surface area contributed by atoms with Crippen LogP contribution in [0.2, 0.25) is 0 Å². The molecule has 22 heavy (non-hydrogen) atoms. The molecule has 0 bridgehead atoms. The molecule has 1 fully saturated rings. The Hall–Kier alpha value is -1.00. The molecule has 0 radical (unpaired) electrons. The highest BCUT2D eigenvalue weighted by atomic mass is 32.2. The standard InChI is InChI=1S/C18H28N2OS/c1-16-6-8-17(9-7-16)14-22-15-18(21)19-10-5-13-20-11-3-2-4-12-20/h6-9H,2-5,10-15H2,1H3,(H,19,21). The predicted molar refractivity (Wildman–Crippen MR) is 95.3 cm³/mol. The normalized spacial score (nSPS) is 15.7. The third-order valence-electron chi connectivity index (χ3n) is 4.04. The van der Waals surface area contributed by atoms with Crippen LogP contribution in [0, 0.1) is 6.92 Å². The van der Waals surface area contributed by atoms with E-state index in [2.05, 4.69) is 41.4 Å². The first kappa shape index (κ1) is 17.4. The Kier molecular flexibility index (Phi) is 7.81. The van der Waals surface area contributed by atoms with E-state index in [9.17, 15) is 4.79 Å². The van der Waals surface area contributed by atoms with Gasteiger partial charge in [0.1, 0.15) is 0 Å². The highest BCUT2D eigenvalue weighted by Crippen LogP contribution is 2.12. The summed E-state index contributed by atoms with van der Waals surface area (Å²) in [5.74, 6) is 1.62. The summed E-state index contributed by atoms with van der Waals surface area (Å²) in [7, 11) is 0. The topological polar surface area (TPSA) is 32.3 Å². The lowest BCUT2D eigenvalue weighted by Gasteiger charge is -2.26. The van der Waals surface area contributed by atoms with Gasteiger partial charge in [0.2, 0.25) is 5.91 Å². The van der Waals surface area contributed by atoms with E-state index in [1.165, 1.54) is 43.5 Å². The van der Waals surface area contributed by atoms with Gasteiger partial charge in [0, 0.05) is 12.3 Å². The monoisotopic (exact) mass is 320 g/mol. The van der Waals surface area contributed by atoms with E-state index in [1.807, 2.05) is 0 Å². The van der Waals surface area contributed by atoms with Crippen molar-refractivity contribution in [2.24, 2.45) is 0 Å². The van der Waals surface area contributed by atoms with E-state index in [-0.39, 0.29) is 5.91 Å². The number of amides is 1. The zero-order chi connectivity index (χ0) is 15.6. The molecule has 1 aliphatic heterocycles. The first-order chi connectivity index (χ1) is 10.7. The van der Waals surface area contributed by atoms with Crippen molar-refractivity contribution in [3.05, 3.63) is 35.4 Å². The molecule has 3 nitrogen and oxygen atoms in total. The maximum Gasteiger partial charge on any atom is 0.230 e. The quantitative estimate of drug-likeness (QED) is 0.747. The largest absolute Gasteiger partial charge is 0.355 e. The van der Waals surface area contributed by atoms with Crippen LogP contribution in [0.25, 0.3) is 0 Å². The second-order valence-corrected chi connectivity index (χ2v) is 7.07. The zero-order valence-electron chi connectivity index (χ0n) is 13.6. The molecular formula is C18H28N2OS. The molecule has 0 saturated carbocycles. The number of benzene rings is 1. The molecule has 0 spiro atoms. The summed E-state index contributed by atoms with van der Waals surface area (Å²) in [5, 5.41) is 3.03. The average Bonchev–Trinajstić information content (AvgIpc) is 2.54. The Balaban J connectivity index is 1.49. The van der Waals surface area contributed by atoms with Crippen molar-refractivity contribution < 1.29 is 4.79 Å². The highest BCUT2D eigenvalue weighted by molar-refractivity contribution is 7.99. The van der Waals surface area contributed by atoms with E-state index in [1.54, 1.807) is 11.8 Å². The maximum absolute atomic E-state index is 11.8. The van der Waals surface area contributed by atoms with Crippen LogP contribution in [0.1, 0.15) is 36.8 Å². The first-order valence-corrected chi connectivity index (χ1v) is 9.52. The van der Waals surface area contributed by atoms with Gasteiger partial charge in [-0.05, 0) is 51.4 Å². The summed E-state index contributed by atoms with van der Waals surface area (Å²) in [6, 6.07) is 8.52. The summed E-state index contributed by atoms with van der Waals surface area (Å²) >= 11 is 1.68. The third kappa shape index (κ3) is 6.84. The Morgan fingerprint density at radius 1 is 1.18 bits per heavy atom.